The van der Waals surface area contributed by atoms with Crippen molar-refractivity contribution in [3.05, 3.63) is 65.2 Å². The number of piperidine rings is 1. The number of aryl methyl sites for hydroxylation is 1. The van der Waals surface area contributed by atoms with E-state index in [4.69, 9.17) is 4.74 Å². The maximum absolute atomic E-state index is 13.0. The van der Waals surface area contributed by atoms with Crippen molar-refractivity contribution in [1.82, 2.24) is 10.2 Å². The molecule has 1 fully saturated rings. The standard InChI is InChI=1S/C24H30N2O3/c1-3-7-23(27)25-21-11-6-13-26(16-21)24(28)20-10-5-12-22(15-20)29-17-19-9-4-8-18(2)14-19/h4-5,8-10,12,14-15,21H,3,6-7,11,13,16-17H2,1-2H3,(H,25,27). The molecule has 1 atom stereocenters. The van der Waals surface area contributed by atoms with Crippen LogP contribution >= 0.6 is 0 Å². The van der Waals surface area contributed by atoms with E-state index in [1.807, 2.05) is 42.2 Å². The van der Waals surface area contributed by atoms with Gasteiger partial charge in [0.2, 0.25) is 5.91 Å². The minimum absolute atomic E-state index is 0.0135. The van der Waals surface area contributed by atoms with E-state index in [1.54, 1.807) is 6.07 Å². The number of amides is 2. The average Bonchev–Trinajstić information content (AvgIpc) is 2.72. The zero-order valence-electron chi connectivity index (χ0n) is 17.3. The van der Waals surface area contributed by atoms with Gasteiger partial charge in [-0.1, -0.05) is 42.8 Å². The third-order valence-electron chi connectivity index (χ3n) is 5.12. The molecule has 1 N–H and O–H groups in total. The van der Waals surface area contributed by atoms with Gasteiger partial charge in [-0.15, -0.1) is 0 Å². The van der Waals surface area contributed by atoms with E-state index in [1.165, 1.54) is 5.56 Å². The van der Waals surface area contributed by atoms with Gasteiger partial charge in [0.15, 0.2) is 0 Å². The molecule has 3 rings (SSSR count). The van der Waals surface area contributed by atoms with Gasteiger partial charge in [0.05, 0.1) is 0 Å². The second-order valence-electron chi connectivity index (χ2n) is 7.71. The number of rotatable bonds is 7. The molecule has 1 unspecified atom stereocenters. The molecule has 0 spiro atoms. The molecule has 0 aromatic heterocycles. The van der Waals surface area contributed by atoms with Crippen molar-refractivity contribution in [3.63, 3.8) is 0 Å². The van der Waals surface area contributed by atoms with Gasteiger partial charge in [-0.3, -0.25) is 9.59 Å². The molecule has 5 heteroatoms. The first-order valence-electron chi connectivity index (χ1n) is 10.4. The van der Waals surface area contributed by atoms with Crippen LogP contribution in [-0.2, 0) is 11.4 Å². The molecule has 1 aliphatic heterocycles. The Morgan fingerprint density at radius 2 is 2.00 bits per heavy atom. The van der Waals surface area contributed by atoms with Gasteiger partial charge in [-0.25, -0.2) is 0 Å². The maximum atomic E-state index is 13.0. The highest BCUT2D eigenvalue weighted by Gasteiger charge is 2.25. The number of carbonyl (C=O) groups is 2. The van der Waals surface area contributed by atoms with Gasteiger partial charge in [-0.2, -0.15) is 0 Å². The van der Waals surface area contributed by atoms with E-state index < -0.39 is 0 Å². The molecule has 5 nitrogen and oxygen atoms in total. The van der Waals surface area contributed by atoms with E-state index in [-0.39, 0.29) is 17.9 Å². The van der Waals surface area contributed by atoms with Crippen LogP contribution in [-0.4, -0.2) is 35.8 Å². The van der Waals surface area contributed by atoms with Gasteiger partial charge in [0.1, 0.15) is 12.4 Å². The predicted octanol–water partition coefficient (Wildman–Crippen LogP) is 4.09. The lowest BCUT2D eigenvalue weighted by molar-refractivity contribution is -0.122. The van der Waals surface area contributed by atoms with E-state index in [2.05, 4.69) is 24.4 Å². The fraction of sp³-hybridized carbons (Fsp3) is 0.417. The van der Waals surface area contributed by atoms with E-state index in [9.17, 15) is 9.59 Å². The molecule has 1 heterocycles. The van der Waals surface area contributed by atoms with Gasteiger partial charge < -0.3 is 15.0 Å². The Bertz CT molecular complexity index is 850. The van der Waals surface area contributed by atoms with E-state index in [0.717, 1.165) is 24.8 Å². The fourth-order valence-corrected chi connectivity index (χ4v) is 3.68. The summed E-state index contributed by atoms with van der Waals surface area (Å²) in [6.45, 7) is 5.79. The highest BCUT2D eigenvalue weighted by atomic mass is 16.5. The molecule has 0 saturated carbocycles. The average molecular weight is 395 g/mol. The van der Waals surface area contributed by atoms with Crippen molar-refractivity contribution < 1.29 is 14.3 Å². The van der Waals surface area contributed by atoms with E-state index >= 15 is 0 Å². The smallest absolute Gasteiger partial charge is 0.254 e. The fourth-order valence-electron chi connectivity index (χ4n) is 3.68. The van der Waals surface area contributed by atoms with E-state index in [0.29, 0.717) is 37.4 Å². The third kappa shape index (κ3) is 6.08. The Morgan fingerprint density at radius 3 is 2.79 bits per heavy atom. The number of carbonyl (C=O) groups excluding carboxylic acids is 2. The monoisotopic (exact) mass is 394 g/mol. The van der Waals surface area contributed by atoms with Crippen molar-refractivity contribution in [2.24, 2.45) is 0 Å². The second kappa shape index (κ2) is 10.1. The number of hydrogen-bond acceptors (Lipinski definition) is 3. The lowest BCUT2D eigenvalue weighted by Gasteiger charge is -2.33. The Hall–Kier alpha value is -2.82. The van der Waals surface area contributed by atoms with Gasteiger partial charge in [0.25, 0.3) is 5.91 Å². The summed E-state index contributed by atoms with van der Waals surface area (Å²) < 4.78 is 5.90. The lowest BCUT2D eigenvalue weighted by atomic mass is 10.0. The highest BCUT2D eigenvalue weighted by molar-refractivity contribution is 5.94. The number of likely N-dealkylation sites (tertiary alicyclic amines) is 1. The normalized spacial score (nSPS) is 16.3. The molecule has 1 saturated heterocycles. The van der Waals surface area contributed by atoms with Crippen LogP contribution in [0.3, 0.4) is 0 Å². The second-order valence-corrected chi connectivity index (χ2v) is 7.71. The molecule has 154 valence electrons. The SMILES string of the molecule is CCCC(=O)NC1CCCN(C(=O)c2cccc(OCc3cccc(C)c3)c2)C1. The van der Waals surface area contributed by atoms with Crippen LogP contribution < -0.4 is 10.1 Å². The summed E-state index contributed by atoms with van der Waals surface area (Å²) in [5.41, 5.74) is 2.91. The summed E-state index contributed by atoms with van der Waals surface area (Å²) >= 11 is 0. The third-order valence-corrected chi connectivity index (χ3v) is 5.12. The van der Waals surface area contributed by atoms with Crippen LogP contribution in [0.15, 0.2) is 48.5 Å². The summed E-state index contributed by atoms with van der Waals surface area (Å²) in [6.07, 6.45) is 3.17. The zero-order chi connectivity index (χ0) is 20.6. The molecular weight excluding hydrogens is 364 g/mol. The molecule has 2 aromatic carbocycles. The highest BCUT2D eigenvalue weighted by Crippen LogP contribution is 2.19. The Kier molecular flexibility index (Phi) is 7.28. The first-order chi connectivity index (χ1) is 14.0. The van der Waals surface area contributed by atoms with Crippen LogP contribution in [0, 0.1) is 6.92 Å². The first kappa shape index (κ1) is 20.9. The topological polar surface area (TPSA) is 58.6 Å². The molecule has 2 aromatic rings. The van der Waals surface area contributed by atoms with Crippen LogP contribution in [0.1, 0.15) is 54.1 Å². The molecule has 0 bridgehead atoms. The number of nitrogens with one attached hydrogen (secondary N) is 1. The molecule has 1 aliphatic rings. The predicted molar refractivity (Wildman–Crippen MR) is 114 cm³/mol. The van der Waals surface area contributed by atoms with Crippen LogP contribution in [0.25, 0.3) is 0 Å². The van der Waals surface area contributed by atoms with Gasteiger partial charge in [-0.05, 0) is 49.9 Å². The van der Waals surface area contributed by atoms with Crippen molar-refractivity contribution >= 4 is 11.8 Å². The Morgan fingerprint density at radius 1 is 1.17 bits per heavy atom. The van der Waals surface area contributed by atoms with Crippen molar-refractivity contribution in [2.75, 3.05) is 13.1 Å². The first-order valence-corrected chi connectivity index (χ1v) is 10.4. The van der Waals surface area contributed by atoms with Crippen LogP contribution in [0.4, 0.5) is 0 Å². The summed E-state index contributed by atoms with van der Waals surface area (Å²) in [7, 11) is 0. The quantitative estimate of drug-likeness (QED) is 0.769. The number of ether oxygens (including phenoxy) is 1. The Labute approximate surface area is 173 Å². The van der Waals surface area contributed by atoms with Crippen molar-refractivity contribution in [1.29, 1.82) is 0 Å². The Balaban J connectivity index is 1.60. The van der Waals surface area contributed by atoms with Crippen molar-refractivity contribution in [2.45, 2.75) is 52.2 Å². The van der Waals surface area contributed by atoms with Crippen LogP contribution in [0.2, 0.25) is 0 Å². The molecule has 0 radical (unpaired) electrons. The van der Waals surface area contributed by atoms with Gasteiger partial charge in [0, 0.05) is 31.1 Å². The number of nitrogens with zero attached hydrogens (tertiary/aromatic N) is 1. The summed E-state index contributed by atoms with van der Waals surface area (Å²) in [6, 6.07) is 15.6. The maximum Gasteiger partial charge on any atom is 0.254 e. The largest absolute Gasteiger partial charge is 0.489 e. The van der Waals surface area contributed by atoms with Crippen LogP contribution in [0.5, 0.6) is 5.75 Å². The van der Waals surface area contributed by atoms with Crippen molar-refractivity contribution in [3.8, 4) is 5.75 Å². The lowest BCUT2D eigenvalue weighted by Crippen LogP contribution is -2.49. The minimum atomic E-state index is -0.0135. The summed E-state index contributed by atoms with van der Waals surface area (Å²) in [4.78, 5) is 26.7. The summed E-state index contributed by atoms with van der Waals surface area (Å²) in [5.74, 6) is 0.737. The molecule has 2 amide bonds. The number of hydrogen-bond donors (Lipinski definition) is 1. The summed E-state index contributed by atoms with van der Waals surface area (Å²) in [5, 5.41) is 3.05. The zero-order valence-corrected chi connectivity index (χ0v) is 17.3. The molecule has 29 heavy (non-hydrogen) atoms. The molecular formula is C24H30N2O3. The van der Waals surface area contributed by atoms with Gasteiger partial charge >= 0.3 is 0 Å². The minimum Gasteiger partial charge on any atom is -0.489 e. The number of benzene rings is 2. The molecule has 0 aliphatic carbocycles.